The van der Waals surface area contributed by atoms with E-state index in [4.69, 9.17) is 0 Å². The molecule has 0 aliphatic heterocycles. The van der Waals surface area contributed by atoms with Crippen LogP contribution >= 0.6 is 0 Å². The van der Waals surface area contributed by atoms with E-state index in [0.29, 0.717) is 4.90 Å². The van der Waals surface area contributed by atoms with Crippen LogP contribution in [0.25, 0.3) is 0 Å². The van der Waals surface area contributed by atoms with E-state index in [-0.39, 0.29) is 6.04 Å². The van der Waals surface area contributed by atoms with Crippen LogP contribution < -0.4 is 5.32 Å². The fourth-order valence-corrected chi connectivity index (χ4v) is 3.31. The molecule has 0 atom stereocenters. The van der Waals surface area contributed by atoms with E-state index in [9.17, 15) is 8.42 Å². The van der Waals surface area contributed by atoms with Crippen LogP contribution in [-0.2, 0) is 16.6 Å². The molecule has 19 heavy (non-hydrogen) atoms. The summed E-state index contributed by atoms with van der Waals surface area (Å²) >= 11 is 0. The number of rotatable bonds is 8. The van der Waals surface area contributed by atoms with Crippen LogP contribution in [0.15, 0.2) is 17.3 Å². The minimum atomic E-state index is -3.36. The molecule has 0 spiro atoms. The standard InChI is InChI=1S/C12H22N4O2S/c1-3-13-7-4-8-16-10-12(9-14-16)19(17,18)15(2)11-5-6-11/h9-11,13H,3-8H2,1-2H3. The molecule has 0 amide bonds. The van der Waals surface area contributed by atoms with Crippen LogP contribution in [0.5, 0.6) is 0 Å². The molecule has 0 unspecified atom stereocenters. The van der Waals surface area contributed by atoms with Gasteiger partial charge in [-0.2, -0.15) is 9.40 Å². The highest BCUT2D eigenvalue weighted by molar-refractivity contribution is 7.89. The lowest BCUT2D eigenvalue weighted by Gasteiger charge is -2.14. The van der Waals surface area contributed by atoms with Gasteiger partial charge < -0.3 is 5.32 Å². The van der Waals surface area contributed by atoms with Gasteiger partial charge in [0.25, 0.3) is 0 Å². The Balaban J connectivity index is 1.96. The topological polar surface area (TPSA) is 67.2 Å². The summed E-state index contributed by atoms with van der Waals surface area (Å²) in [6, 6.07) is 0.183. The van der Waals surface area contributed by atoms with Gasteiger partial charge in [0, 0.05) is 25.8 Å². The Bertz CT molecular complexity index is 508. The minimum Gasteiger partial charge on any atom is -0.317 e. The highest BCUT2D eigenvalue weighted by Crippen LogP contribution is 2.30. The number of hydrogen-bond donors (Lipinski definition) is 1. The molecule has 0 bridgehead atoms. The lowest BCUT2D eigenvalue weighted by molar-refractivity contribution is 0.464. The molecule has 2 rings (SSSR count). The molecule has 1 aliphatic rings. The first-order valence-electron chi connectivity index (χ1n) is 6.77. The van der Waals surface area contributed by atoms with Crippen molar-refractivity contribution in [1.29, 1.82) is 0 Å². The Morgan fingerprint density at radius 1 is 1.53 bits per heavy atom. The van der Waals surface area contributed by atoms with Crippen LogP contribution in [0, 0.1) is 0 Å². The summed E-state index contributed by atoms with van der Waals surface area (Å²) in [4.78, 5) is 0.297. The van der Waals surface area contributed by atoms with E-state index in [2.05, 4.69) is 17.3 Å². The van der Waals surface area contributed by atoms with Crippen molar-refractivity contribution in [2.75, 3.05) is 20.1 Å². The number of aryl methyl sites for hydroxylation is 1. The predicted octanol–water partition coefficient (Wildman–Crippen LogP) is 0.666. The lowest BCUT2D eigenvalue weighted by Crippen LogP contribution is -2.28. The van der Waals surface area contributed by atoms with E-state index in [1.54, 1.807) is 17.9 Å². The average molecular weight is 286 g/mol. The van der Waals surface area contributed by atoms with Crippen LogP contribution in [0.4, 0.5) is 0 Å². The quantitative estimate of drug-likeness (QED) is 0.713. The summed E-state index contributed by atoms with van der Waals surface area (Å²) in [6.45, 7) is 4.66. The second kappa shape index (κ2) is 6.02. The molecule has 1 saturated carbocycles. The van der Waals surface area contributed by atoms with Crippen molar-refractivity contribution in [3.63, 3.8) is 0 Å². The van der Waals surface area contributed by atoms with Crippen molar-refractivity contribution in [2.24, 2.45) is 0 Å². The Morgan fingerprint density at radius 2 is 2.26 bits per heavy atom. The normalized spacial score (nSPS) is 16.2. The van der Waals surface area contributed by atoms with Gasteiger partial charge in [0.2, 0.25) is 10.0 Å². The molecule has 0 saturated heterocycles. The van der Waals surface area contributed by atoms with Crippen molar-refractivity contribution in [1.82, 2.24) is 19.4 Å². The average Bonchev–Trinajstić information content (AvgIpc) is 3.12. The van der Waals surface area contributed by atoms with E-state index >= 15 is 0 Å². The van der Waals surface area contributed by atoms with Crippen LogP contribution in [-0.4, -0.2) is 48.7 Å². The van der Waals surface area contributed by atoms with Gasteiger partial charge in [-0.05, 0) is 32.4 Å². The number of aromatic nitrogens is 2. The summed E-state index contributed by atoms with van der Waals surface area (Å²) in [6.07, 6.45) is 5.94. The fourth-order valence-electron chi connectivity index (χ4n) is 1.94. The molecule has 1 aromatic heterocycles. The summed E-state index contributed by atoms with van der Waals surface area (Å²) in [5.74, 6) is 0. The van der Waals surface area contributed by atoms with Gasteiger partial charge in [0.15, 0.2) is 0 Å². The van der Waals surface area contributed by atoms with Gasteiger partial charge in [0.1, 0.15) is 4.90 Å². The zero-order chi connectivity index (χ0) is 13.9. The molecule has 0 radical (unpaired) electrons. The van der Waals surface area contributed by atoms with Crippen LogP contribution in [0.1, 0.15) is 26.2 Å². The third-order valence-corrected chi connectivity index (χ3v) is 5.20. The van der Waals surface area contributed by atoms with Gasteiger partial charge in [-0.1, -0.05) is 6.92 Å². The van der Waals surface area contributed by atoms with E-state index < -0.39 is 10.0 Å². The molecular weight excluding hydrogens is 264 g/mol. The molecule has 1 aliphatic carbocycles. The molecule has 0 aromatic carbocycles. The first kappa shape index (κ1) is 14.5. The van der Waals surface area contributed by atoms with Crippen molar-refractivity contribution < 1.29 is 8.42 Å². The van der Waals surface area contributed by atoms with E-state index in [1.807, 2.05) is 0 Å². The maximum absolute atomic E-state index is 12.3. The smallest absolute Gasteiger partial charge is 0.246 e. The summed E-state index contributed by atoms with van der Waals surface area (Å²) in [5, 5.41) is 7.35. The largest absolute Gasteiger partial charge is 0.317 e. The highest BCUT2D eigenvalue weighted by atomic mass is 32.2. The molecule has 6 nitrogen and oxygen atoms in total. The van der Waals surface area contributed by atoms with Gasteiger partial charge in [-0.15, -0.1) is 0 Å². The maximum Gasteiger partial charge on any atom is 0.246 e. The van der Waals surface area contributed by atoms with Crippen molar-refractivity contribution in [3.05, 3.63) is 12.4 Å². The van der Waals surface area contributed by atoms with Crippen molar-refractivity contribution in [3.8, 4) is 0 Å². The molecule has 1 N–H and O–H groups in total. The minimum absolute atomic E-state index is 0.183. The predicted molar refractivity (Wildman–Crippen MR) is 73.4 cm³/mol. The Morgan fingerprint density at radius 3 is 2.89 bits per heavy atom. The molecule has 1 fully saturated rings. The second-order valence-corrected chi connectivity index (χ2v) is 6.90. The number of nitrogens with one attached hydrogen (secondary N) is 1. The van der Waals surface area contributed by atoms with Gasteiger partial charge in [-0.25, -0.2) is 8.42 Å². The van der Waals surface area contributed by atoms with Crippen LogP contribution in [0.3, 0.4) is 0 Å². The first-order valence-corrected chi connectivity index (χ1v) is 8.21. The zero-order valence-corrected chi connectivity index (χ0v) is 12.4. The van der Waals surface area contributed by atoms with Gasteiger partial charge >= 0.3 is 0 Å². The Kier molecular flexibility index (Phi) is 4.59. The number of nitrogens with zero attached hydrogens (tertiary/aromatic N) is 3. The van der Waals surface area contributed by atoms with Crippen LogP contribution in [0.2, 0.25) is 0 Å². The molecular formula is C12H22N4O2S. The van der Waals surface area contributed by atoms with Crippen molar-refractivity contribution >= 4 is 10.0 Å². The molecule has 1 heterocycles. The van der Waals surface area contributed by atoms with E-state index in [1.165, 1.54) is 10.5 Å². The number of sulfonamides is 1. The molecule has 1 aromatic rings. The third kappa shape index (κ3) is 3.55. The monoisotopic (exact) mass is 286 g/mol. The second-order valence-electron chi connectivity index (χ2n) is 4.90. The summed E-state index contributed by atoms with van der Waals surface area (Å²) < 4.78 is 27.7. The highest BCUT2D eigenvalue weighted by Gasteiger charge is 2.35. The SMILES string of the molecule is CCNCCCn1cc(S(=O)(=O)N(C)C2CC2)cn1. The van der Waals surface area contributed by atoms with Gasteiger partial charge in [0.05, 0.1) is 6.20 Å². The summed E-state index contributed by atoms with van der Waals surface area (Å²) in [7, 11) is -1.71. The van der Waals surface area contributed by atoms with E-state index in [0.717, 1.165) is 38.9 Å². The van der Waals surface area contributed by atoms with Crippen molar-refractivity contribution in [2.45, 2.75) is 43.7 Å². The molecule has 7 heteroatoms. The maximum atomic E-state index is 12.3. The Hall–Kier alpha value is -0.920. The lowest BCUT2D eigenvalue weighted by atomic mass is 10.4. The zero-order valence-electron chi connectivity index (χ0n) is 11.5. The number of hydrogen-bond acceptors (Lipinski definition) is 4. The first-order chi connectivity index (χ1) is 9.05. The Labute approximate surface area is 114 Å². The summed E-state index contributed by atoms with van der Waals surface area (Å²) in [5.41, 5.74) is 0. The third-order valence-electron chi connectivity index (χ3n) is 3.34. The molecule has 108 valence electrons. The van der Waals surface area contributed by atoms with Gasteiger partial charge in [-0.3, -0.25) is 4.68 Å². The fraction of sp³-hybridized carbons (Fsp3) is 0.750.